The van der Waals surface area contributed by atoms with Gasteiger partial charge in [-0.25, -0.2) is 0 Å². The first-order chi connectivity index (χ1) is 9.78. The van der Waals surface area contributed by atoms with Crippen molar-refractivity contribution in [2.24, 2.45) is 0 Å². The van der Waals surface area contributed by atoms with Crippen LogP contribution in [0.2, 0.25) is 0 Å². The predicted octanol–water partition coefficient (Wildman–Crippen LogP) is 1.20. The summed E-state index contributed by atoms with van der Waals surface area (Å²) in [5.41, 5.74) is 1.22. The first-order valence-electron chi connectivity index (χ1n) is 7.17. The maximum Gasteiger partial charge on any atom is 0.222 e. The number of nitrogens with zero attached hydrogens (tertiary/aromatic N) is 2. The molecule has 1 fully saturated rings. The van der Waals surface area contributed by atoms with Gasteiger partial charge in [-0.15, -0.1) is 0 Å². The molecule has 0 unspecified atom stereocenters. The number of carbonyl (C=O) groups excluding carboxylic acids is 1. The van der Waals surface area contributed by atoms with E-state index in [2.05, 4.69) is 21.3 Å². The Morgan fingerprint density at radius 1 is 1.60 bits per heavy atom. The minimum Gasteiger partial charge on any atom is -0.384 e. The molecule has 1 aromatic heterocycles. The van der Waals surface area contributed by atoms with Crippen LogP contribution in [0.15, 0.2) is 24.5 Å². The average Bonchev–Trinajstić information content (AvgIpc) is 2.46. The number of hydrogen-bond acceptors (Lipinski definition) is 4. The molecule has 1 aliphatic rings. The van der Waals surface area contributed by atoms with E-state index >= 15 is 0 Å². The molecule has 0 saturated carbocycles. The van der Waals surface area contributed by atoms with Crippen molar-refractivity contribution in [1.82, 2.24) is 15.2 Å². The Kier molecular flexibility index (Phi) is 5.95. The molecular formula is C15H23N3O2. The Morgan fingerprint density at radius 2 is 2.50 bits per heavy atom. The number of ether oxygens (including phenoxy) is 1. The van der Waals surface area contributed by atoms with Crippen molar-refractivity contribution in [3.63, 3.8) is 0 Å². The minimum absolute atomic E-state index is 0.0834. The first kappa shape index (κ1) is 14.9. The van der Waals surface area contributed by atoms with Gasteiger partial charge in [0.2, 0.25) is 5.91 Å². The van der Waals surface area contributed by atoms with Crippen molar-refractivity contribution < 1.29 is 9.53 Å². The number of piperidine rings is 1. The van der Waals surface area contributed by atoms with E-state index in [1.165, 1.54) is 5.56 Å². The normalized spacial score (nSPS) is 19.8. The highest BCUT2D eigenvalue weighted by atomic mass is 16.5. The van der Waals surface area contributed by atoms with Gasteiger partial charge in [-0.3, -0.25) is 14.7 Å². The molecule has 0 spiro atoms. The third-order valence-electron chi connectivity index (χ3n) is 3.53. The zero-order valence-electron chi connectivity index (χ0n) is 12.0. The smallest absolute Gasteiger partial charge is 0.222 e. The highest BCUT2D eigenvalue weighted by Gasteiger charge is 2.21. The van der Waals surface area contributed by atoms with Crippen LogP contribution in [-0.4, -0.2) is 48.6 Å². The van der Waals surface area contributed by atoms with Gasteiger partial charge in [0, 0.05) is 45.1 Å². The quantitative estimate of drug-likeness (QED) is 0.849. The fraction of sp³-hybridized carbons (Fsp3) is 0.600. The number of aromatic nitrogens is 1. The summed E-state index contributed by atoms with van der Waals surface area (Å²) in [5, 5.41) is 3.09. The second-order valence-corrected chi connectivity index (χ2v) is 5.25. The van der Waals surface area contributed by atoms with Gasteiger partial charge in [0.05, 0.1) is 6.61 Å². The third kappa shape index (κ3) is 4.90. The topological polar surface area (TPSA) is 54.5 Å². The summed E-state index contributed by atoms with van der Waals surface area (Å²) >= 11 is 0. The van der Waals surface area contributed by atoms with Gasteiger partial charge in [0.25, 0.3) is 0 Å². The van der Waals surface area contributed by atoms with Gasteiger partial charge >= 0.3 is 0 Å². The lowest BCUT2D eigenvalue weighted by atomic mass is 10.0. The van der Waals surface area contributed by atoms with Crippen molar-refractivity contribution in [3.8, 4) is 0 Å². The van der Waals surface area contributed by atoms with E-state index in [1.54, 1.807) is 13.3 Å². The number of likely N-dealkylation sites (tertiary alicyclic amines) is 1. The molecule has 1 N–H and O–H groups in total. The highest BCUT2D eigenvalue weighted by molar-refractivity contribution is 5.76. The summed E-state index contributed by atoms with van der Waals surface area (Å²) in [4.78, 5) is 18.2. The Hall–Kier alpha value is -1.46. The van der Waals surface area contributed by atoms with Gasteiger partial charge in [0.1, 0.15) is 0 Å². The predicted molar refractivity (Wildman–Crippen MR) is 77.2 cm³/mol. The number of rotatable bonds is 6. The largest absolute Gasteiger partial charge is 0.384 e. The summed E-state index contributed by atoms with van der Waals surface area (Å²) in [6.45, 7) is 3.38. The number of hydrogen-bond donors (Lipinski definition) is 1. The van der Waals surface area contributed by atoms with Crippen LogP contribution in [0.1, 0.15) is 24.8 Å². The molecule has 1 aliphatic heterocycles. The molecule has 20 heavy (non-hydrogen) atoms. The molecular weight excluding hydrogens is 254 g/mol. The van der Waals surface area contributed by atoms with Crippen molar-refractivity contribution in [2.75, 3.05) is 26.8 Å². The highest BCUT2D eigenvalue weighted by Crippen LogP contribution is 2.13. The van der Waals surface area contributed by atoms with E-state index in [4.69, 9.17) is 4.74 Å². The van der Waals surface area contributed by atoms with Crippen molar-refractivity contribution in [3.05, 3.63) is 30.1 Å². The van der Waals surface area contributed by atoms with E-state index < -0.39 is 0 Å². The zero-order valence-corrected chi connectivity index (χ0v) is 12.0. The lowest BCUT2D eigenvalue weighted by Gasteiger charge is -2.33. The van der Waals surface area contributed by atoms with Gasteiger partial charge in [-0.1, -0.05) is 6.07 Å². The second-order valence-electron chi connectivity index (χ2n) is 5.25. The monoisotopic (exact) mass is 277 g/mol. The lowest BCUT2D eigenvalue weighted by molar-refractivity contribution is -0.123. The molecule has 1 saturated heterocycles. The van der Waals surface area contributed by atoms with E-state index in [0.717, 1.165) is 32.5 Å². The fourth-order valence-corrected chi connectivity index (χ4v) is 2.56. The van der Waals surface area contributed by atoms with Crippen LogP contribution in [0, 0.1) is 0 Å². The van der Waals surface area contributed by atoms with Gasteiger partial charge in [0.15, 0.2) is 0 Å². The molecule has 0 aromatic carbocycles. The molecule has 1 amide bonds. The molecule has 0 aliphatic carbocycles. The van der Waals surface area contributed by atoms with E-state index in [-0.39, 0.29) is 11.9 Å². The van der Waals surface area contributed by atoms with Crippen molar-refractivity contribution in [1.29, 1.82) is 0 Å². The minimum atomic E-state index is 0.0834. The molecule has 5 nitrogen and oxygen atoms in total. The Balaban J connectivity index is 1.78. The third-order valence-corrected chi connectivity index (χ3v) is 3.53. The lowest BCUT2D eigenvalue weighted by Crippen LogP contribution is -2.47. The maximum atomic E-state index is 11.7. The zero-order chi connectivity index (χ0) is 14.2. The molecule has 0 radical (unpaired) electrons. The van der Waals surface area contributed by atoms with Gasteiger partial charge < -0.3 is 10.1 Å². The van der Waals surface area contributed by atoms with Gasteiger partial charge in [-0.05, 0) is 31.0 Å². The van der Waals surface area contributed by atoms with Crippen LogP contribution in [0.4, 0.5) is 0 Å². The van der Waals surface area contributed by atoms with Crippen LogP contribution < -0.4 is 5.32 Å². The first-order valence-corrected chi connectivity index (χ1v) is 7.17. The van der Waals surface area contributed by atoms with Crippen LogP contribution >= 0.6 is 0 Å². The number of amides is 1. The Bertz CT molecular complexity index is 411. The fourth-order valence-electron chi connectivity index (χ4n) is 2.56. The molecule has 2 heterocycles. The molecule has 5 heteroatoms. The standard InChI is InChI=1S/C15H23N3O2/c1-20-9-6-15(19)17-14-5-3-8-18(12-14)11-13-4-2-7-16-10-13/h2,4,7,10,14H,3,5-6,8-9,11-12H2,1H3,(H,17,19)/t14-/m0/s1. The second kappa shape index (κ2) is 7.97. The van der Waals surface area contributed by atoms with Crippen LogP contribution in [0.3, 0.4) is 0 Å². The Labute approximate surface area is 120 Å². The number of carbonyl (C=O) groups is 1. The van der Waals surface area contributed by atoms with Crippen molar-refractivity contribution in [2.45, 2.75) is 31.8 Å². The number of methoxy groups -OCH3 is 1. The number of nitrogens with one attached hydrogen (secondary N) is 1. The molecule has 110 valence electrons. The summed E-state index contributed by atoms with van der Waals surface area (Å²) in [6, 6.07) is 4.31. The van der Waals surface area contributed by atoms with E-state index in [1.807, 2.05) is 12.3 Å². The van der Waals surface area contributed by atoms with Gasteiger partial charge in [-0.2, -0.15) is 0 Å². The number of pyridine rings is 1. The van der Waals surface area contributed by atoms with Crippen LogP contribution in [-0.2, 0) is 16.1 Å². The summed E-state index contributed by atoms with van der Waals surface area (Å²) in [7, 11) is 1.61. The molecule has 2 rings (SSSR count). The molecule has 1 atom stereocenters. The molecule has 1 aromatic rings. The van der Waals surface area contributed by atoms with Crippen LogP contribution in [0.5, 0.6) is 0 Å². The van der Waals surface area contributed by atoms with Crippen molar-refractivity contribution >= 4 is 5.91 Å². The molecule has 0 bridgehead atoms. The SMILES string of the molecule is COCCC(=O)N[C@H]1CCCN(Cc2cccnc2)C1. The van der Waals surface area contributed by atoms with E-state index in [0.29, 0.717) is 13.0 Å². The Morgan fingerprint density at radius 3 is 3.25 bits per heavy atom. The summed E-state index contributed by atoms with van der Waals surface area (Å²) in [6.07, 6.45) is 6.31. The average molecular weight is 277 g/mol. The maximum absolute atomic E-state index is 11.7. The summed E-state index contributed by atoms with van der Waals surface area (Å²) < 4.78 is 4.92. The van der Waals surface area contributed by atoms with E-state index in [9.17, 15) is 4.79 Å². The van der Waals surface area contributed by atoms with Crippen LogP contribution in [0.25, 0.3) is 0 Å². The summed E-state index contributed by atoms with van der Waals surface area (Å²) in [5.74, 6) is 0.0834.